The molecule has 0 radical (unpaired) electrons. The van der Waals surface area contributed by atoms with Crippen molar-refractivity contribution in [2.75, 3.05) is 13.1 Å². The summed E-state index contributed by atoms with van der Waals surface area (Å²) in [5, 5.41) is 0. The molecule has 1 saturated heterocycles. The fourth-order valence-corrected chi connectivity index (χ4v) is 4.51. The van der Waals surface area contributed by atoms with Crippen molar-refractivity contribution in [2.24, 2.45) is 23.5 Å². The minimum atomic E-state index is 0.433. The maximum Gasteiger partial charge on any atom is 0.00952 e. The molecule has 5 atom stereocenters. The zero-order valence-electron chi connectivity index (χ0n) is 13.3. The van der Waals surface area contributed by atoms with Gasteiger partial charge in [0.2, 0.25) is 0 Å². The maximum absolute atomic E-state index is 6.47. The van der Waals surface area contributed by atoms with E-state index in [4.69, 9.17) is 5.73 Å². The molecule has 19 heavy (non-hydrogen) atoms. The zero-order chi connectivity index (χ0) is 13.8. The molecule has 2 aliphatic rings. The lowest BCUT2D eigenvalue weighted by molar-refractivity contribution is 0.0690. The maximum atomic E-state index is 6.47. The Morgan fingerprint density at radius 2 is 1.95 bits per heavy atom. The quantitative estimate of drug-likeness (QED) is 0.841. The van der Waals surface area contributed by atoms with Crippen molar-refractivity contribution in [3.8, 4) is 0 Å². The van der Waals surface area contributed by atoms with E-state index in [1.807, 2.05) is 0 Å². The van der Waals surface area contributed by atoms with Crippen molar-refractivity contribution in [1.82, 2.24) is 4.90 Å². The van der Waals surface area contributed by atoms with Crippen LogP contribution in [-0.4, -0.2) is 30.1 Å². The molecule has 1 aliphatic heterocycles. The van der Waals surface area contributed by atoms with E-state index in [0.717, 1.165) is 23.8 Å². The minimum absolute atomic E-state index is 0.433. The first-order chi connectivity index (χ1) is 9.11. The second-order valence-electron chi connectivity index (χ2n) is 7.31. The van der Waals surface area contributed by atoms with Gasteiger partial charge in [0.05, 0.1) is 0 Å². The molecule has 2 fully saturated rings. The average molecular weight is 266 g/mol. The van der Waals surface area contributed by atoms with Crippen LogP contribution >= 0.6 is 0 Å². The molecule has 2 heteroatoms. The second kappa shape index (κ2) is 7.08. The van der Waals surface area contributed by atoms with E-state index in [9.17, 15) is 0 Å². The lowest BCUT2D eigenvalue weighted by Crippen LogP contribution is -2.50. The zero-order valence-corrected chi connectivity index (χ0v) is 13.3. The molecule has 0 aromatic carbocycles. The third kappa shape index (κ3) is 3.95. The largest absolute Gasteiger partial charge is 0.327 e. The molecule has 0 aromatic rings. The fourth-order valence-electron chi connectivity index (χ4n) is 4.51. The third-order valence-corrected chi connectivity index (χ3v) is 5.55. The van der Waals surface area contributed by atoms with Crippen LogP contribution in [0.15, 0.2) is 0 Å². The Kier molecular flexibility index (Phi) is 5.70. The van der Waals surface area contributed by atoms with Crippen LogP contribution < -0.4 is 5.73 Å². The number of rotatable bonds is 4. The number of nitrogens with zero attached hydrogens (tertiary/aromatic N) is 1. The summed E-state index contributed by atoms with van der Waals surface area (Å²) in [5.41, 5.74) is 6.47. The first-order valence-corrected chi connectivity index (χ1v) is 8.61. The summed E-state index contributed by atoms with van der Waals surface area (Å²) in [7, 11) is 0. The van der Waals surface area contributed by atoms with E-state index in [-0.39, 0.29) is 0 Å². The predicted molar refractivity (Wildman–Crippen MR) is 83.1 cm³/mol. The van der Waals surface area contributed by atoms with Gasteiger partial charge in [-0.25, -0.2) is 0 Å². The van der Waals surface area contributed by atoms with E-state index in [2.05, 4.69) is 25.7 Å². The van der Waals surface area contributed by atoms with Crippen LogP contribution in [-0.2, 0) is 0 Å². The predicted octanol–water partition coefficient (Wildman–Crippen LogP) is 3.65. The van der Waals surface area contributed by atoms with Gasteiger partial charge in [-0.3, -0.25) is 0 Å². The monoisotopic (exact) mass is 266 g/mol. The number of likely N-dealkylation sites (tertiary alicyclic amines) is 1. The van der Waals surface area contributed by atoms with Gasteiger partial charge in [-0.1, -0.05) is 33.6 Å². The van der Waals surface area contributed by atoms with Gasteiger partial charge in [0.15, 0.2) is 0 Å². The fraction of sp³-hybridized carbons (Fsp3) is 1.00. The Bertz CT molecular complexity index is 252. The summed E-state index contributed by atoms with van der Waals surface area (Å²) in [4.78, 5) is 2.78. The van der Waals surface area contributed by atoms with Gasteiger partial charge < -0.3 is 10.6 Å². The van der Waals surface area contributed by atoms with Crippen LogP contribution in [0.2, 0.25) is 0 Å². The van der Waals surface area contributed by atoms with Gasteiger partial charge in [0.1, 0.15) is 0 Å². The van der Waals surface area contributed by atoms with Crippen molar-refractivity contribution in [2.45, 2.75) is 77.8 Å². The summed E-state index contributed by atoms with van der Waals surface area (Å²) < 4.78 is 0. The van der Waals surface area contributed by atoms with Gasteiger partial charge in [-0.05, 0) is 56.4 Å². The molecule has 0 spiro atoms. The third-order valence-electron chi connectivity index (χ3n) is 5.55. The lowest BCUT2D eigenvalue weighted by atomic mass is 9.72. The molecule has 5 unspecified atom stereocenters. The second-order valence-corrected chi connectivity index (χ2v) is 7.31. The average Bonchev–Trinajstić information content (AvgIpc) is 2.36. The Labute approximate surface area is 120 Å². The molecule has 0 bridgehead atoms. The van der Waals surface area contributed by atoms with Crippen LogP contribution in [0.1, 0.15) is 65.7 Å². The summed E-state index contributed by atoms with van der Waals surface area (Å²) in [6, 6.07) is 1.28. The van der Waals surface area contributed by atoms with E-state index < -0.39 is 0 Å². The van der Waals surface area contributed by atoms with Gasteiger partial charge in [-0.2, -0.15) is 0 Å². The number of hydrogen-bond donors (Lipinski definition) is 1. The Balaban J connectivity index is 1.93. The lowest BCUT2D eigenvalue weighted by Gasteiger charge is -2.44. The van der Waals surface area contributed by atoms with Crippen LogP contribution in [0, 0.1) is 17.8 Å². The van der Waals surface area contributed by atoms with E-state index in [0.29, 0.717) is 6.04 Å². The van der Waals surface area contributed by atoms with Gasteiger partial charge in [0.25, 0.3) is 0 Å². The van der Waals surface area contributed by atoms with Crippen molar-refractivity contribution < 1.29 is 0 Å². The molecule has 2 rings (SSSR count). The summed E-state index contributed by atoms with van der Waals surface area (Å²) in [5.74, 6) is 2.37. The van der Waals surface area contributed by atoms with Crippen molar-refractivity contribution in [3.05, 3.63) is 0 Å². The molecule has 2 N–H and O–H groups in total. The van der Waals surface area contributed by atoms with Crippen LogP contribution in [0.4, 0.5) is 0 Å². The molecule has 1 aliphatic carbocycles. The number of nitrogens with two attached hydrogens (primary N) is 1. The van der Waals surface area contributed by atoms with Crippen molar-refractivity contribution >= 4 is 0 Å². The van der Waals surface area contributed by atoms with E-state index in [1.54, 1.807) is 0 Å². The van der Waals surface area contributed by atoms with Crippen LogP contribution in [0.5, 0.6) is 0 Å². The van der Waals surface area contributed by atoms with Gasteiger partial charge >= 0.3 is 0 Å². The molecular weight excluding hydrogens is 232 g/mol. The molecule has 2 nitrogen and oxygen atoms in total. The first kappa shape index (κ1) is 15.3. The normalized spacial score (nSPS) is 41.4. The van der Waals surface area contributed by atoms with Crippen molar-refractivity contribution in [3.63, 3.8) is 0 Å². The minimum Gasteiger partial charge on any atom is -0.327 e. The highest BCUT2D eigenvalue weighted by atomic mass is 15.2. The molecule has 0 aromatic heterocycles. The Morgan fingerprint density at radius 3 is 2.63 bits per heavy atom. The smallest absolute Gasteiger partial charge is 0.00952 e. The standard InChI is InChI=1S/C17H34N2/c1-4-7-15-8-5-6-9-19(15)12-16-14(3)10-13(2)11-17(16)18/h13-17H,4-12,18H2,1-3H3. The first-order valence-electron chi connectivity index (χ1n) is 8.61. The number of hydrogen-bond acceptors (Lipinski definition) is 2. The van der Waals surface area contributed by atoms with Gasteiger partial charge in [0, 0.05) is 18.6 Å². The van der Waals surface area contributed by atoms with Crippen molar-refractivity contribution in [1.29, 1.82) is 0 Å². The molecule has 0 amide bonds. The van der Waals surface area contributed by atoms with Crippen LogP contribution in [0.3, 0.4) is 0 Å². The Hall–Kier alpha value is -0.0800. The highest BCUT2D eigenvalue weighted by Gasteiger charge is 2.34. The molecule has 1 heterocycles. The highest BCUT2D eigenvalue weighted by molar-refractivity contribution is 4.89. The summed E-state index contributed by atoms with van der Waals surface area (Å²) in [6.45, 7) is 9.70. The van der Waals surface area contributed by atoms with Crippen LogP contribution in [0.25, 0.3) is 0 Å². The van der Waals surface area contributed by atoms with Gasteiger partial charge in [-0.15, -0.1) is 0 Å². The summed E-state index contributed by atoms with van der Waals surface area (Å²) >= 11 is 0. The molecule has 1 saturated carbocycles. The Morgan fingerprint density at radius 1 is 1.16 bits per heavy atom. The SMILES string of the molecule is CCCC1CCCCN1CC1C(C)CC(C)CC1N. The molecular formula is C17H34N2. The molecule has 112 valence electrons. The highest BCUT2D eigenvalue weighted by Crippen LogP contribution is 2.34. The van der Waals surface area contributed by atoms with E-state index >= 15 is 0 Å². The number of piperidine rings is 1. The topological polar surface area (TPSA) is 29.3 Å². The van der Waals surface area contributed by atoms with E-state index in [1.165, 1.54) is 58.0 Å². The summed E-state index contributed by atoms with van der Waals surface area (Å²) in [6.07, 6.45) is 9.57.